The molecule has 7 heteroatoms. The van der Waals surface area contributed by atoms with Gasteiger partial charge in [-0.25, -0.2) is 8.42 Å². The van der Waals surface area contributed by atoms with Gasteiger partial charge in [0.15, 0.2) is 0 Å². The van der Waals surface area contributed by atoms with E-state index in [0.717, 1.165) is 16.7 Å². The highest BCUT2D eigenvalue weighted by atomic mass is 32.2. The molecule has 3 aromatic carbocycles. The van der Waals surface area contributed by atoms with Gasteiger partial charge in [0.25, 0.3) is 5.91 Å². The molecular formula is C23H24N2O4S. The van der Waals surface area contributed by atoms with E-state index in [-0.39, 0.29) is 10.5 Å². The number of carbonyl (C=O) groups excluding carboxylic acids is 1. The fourth-order valence-corrected chi connectivity index (χ4v) is 4.49. The Morgan fingerprint density at radius 2 is 1.63 bits per heavy atom. The van der Waals surface area contributed by atoms with Crippen molar-refractivity contribution < 1.29 is 17.9 Å². The standard InChI is InChI=1S/C23H24N2O4S/c1-16-9-7-8-12-19(16)22(17-10-5-4-6-11-17)25-30(27,28)18-13-14-21(29-3)20(15-18)23(26)24-2/h4-15,22,25H,1-3H3,(H,24,26)/t22-/m1/s1. The van der Waals surface area contributed by atoms with E-state index in [0.29, 0.717) is 5.75 Å². The molecule has 0 fully saturated rings. The van der Waals surface area contributed by atoms with E-state index < -0.39 is 22.0 Å². The normalized spacial score (nSPS) is 12.2. The molecule has 6 nitrogen and oxygen atoms in total. The van der Waals surface area contributed by atoms with E-state index in [2.05, 4.69) is 10.0 Å². The maximum Gasteiger partial charge on any atom is 0.254 e. The fourth-order valence-electron chi connectivity index (χ4n) is 3.26. The van der Waals surface area contributed by atoms with E-state index >= 15 is 0 Å². The van der Waals surface area contributed by atoms with Crippen LogP contribution in [0.3, 0.4) is 0 Å². The van der Waals surface area contributed by atoms with Gasteiger partial charge >= 0.3 is 0 Å². The molecule has 0 saturated carbocycles. The molecule has 0 aromatic heterocycles. The fraction of sp³-hybridized carbons (Fsp3) is 0.174. The highest BCUT2D eigenvalue weighted by Gasteiger charge is 2.25. The number of carbonyl (C=O) groups is 1. The van der Waals surface area contributed by atoms with Crippen LogP contribution in [0, 0.1) is 6.92 Å². The Morgan fingerprint density at radius 3 is 2.27 bits per heavy atom. The van der Waals surface area contributed by atoms with Crippen LogP contribution in [-0.4, -0.2) is 28.5 Å². The van der Waals surface area contributed by atoms with Crippen LogP contribution in [0.25, 0.3) is 0 Å². The highest BCUT2D eigenvalue weighted by molar-refractivity contribution is 7.89. The molecule has 2 N–H and O–H groups in total. The van der Waals surface area contributed by atoms with E-state index in [4.69, 9.17) is 4.74 Å². The van der Waals surface area contributed by atoms with Crippen LogP contribution in [0.1, 0.15) is 33.1 Å². The lowest BCUT2D eigenvalue weighted by atomic mass is 9.96. The average molecular weight is 425 g/mol. The highest BCUT2D eigenvalue weighted by Crippen LogP contribution is 2.28. The second kappa shape index (κ2) is 9.11. The molecule has 0 aliphatic rings. The Kier molecular flexibility index (Phi) is 6.54. The summed E-state index contributed by atoms with van der Waals surface area (Å²) in [5.74, 6) is -0.130. The zero-order valence-electron chi connectivity index (χ0n) is 17.0. The summed E-state index contributed by atoms with van der Waals surface area (Å²) in [7, 11) is -1.04. The van der Waals surface area contributed by atoms with Crippen LogP contribution in [0.2, 0.25) is 0 Å². The van der Waals surface area contributed by atoms with Crippen LogP contribution in [-0.2, 0) is 10.0 Å². The number of nitrogens with one attached hydrogen (secondary N) is 2. The van der Waals surface area contributed by atoms with Crippen LogP contribution in [0.4, 0.5) is 0 Å². The largest absolute Gasteiger partial charge is 0.496 e. The van der Waals surface area contributed by atoms with Crippen molar-refractivity contribution in [3.8, 4) is 5.75 Å². The molecule has 0 aliphatic carbocycles. The molecule has 30 heavy (non-hydrogen) atoms. The Hall–Kier alpha value is -3.16. The Morgan fingerprint density at radius 1 is 0.967 bits per heavy atom. The lowest BCUT2D eigenvalue weighted by molar-refractivity contribution is 0.0960. The van der Waals surface area contributed by atoms with Gasteiger partial charge < -0.3 is 10.1 Å². The number of hydrogen-bond donors (Lipinski definition) is 2. The summed E-state index contributed by atoms with van der Waals surface area (Å²) in [6, 6.07) is 20.6. The summed E-state index contributed by atoms with van der Waals surface area (Å²) in [6.07, 6.45) is 0. The van der Waals surface area contributed by atoms with Crippen LogP contribution in [0.15, 0.2) is 77.7 Å². The molecule has 0 unspecified atom stereocenters. The topological polar surface area (TPSA) is 84.5 Å². The molecule has 3 rings (SSSR count). The Bertz CT molecular complexity index is 1140. The molecule has 0 bridgehead atoms. The van der Waals surface area contributed by atoms with E-state index in [9.17, 15) is 13.2 Å². The molecule has 0 heterocycles. The first-order chi connectivity index (χ1) is 14.4. The van der Waals surface area contributed by atoms with E-state index in [1.807, 2.05) is 61.5 Å². The molecule has 0 saturated heterocycles. The molecule has 0 spiro atoms. The first-order valence-corrected chi connectivity index (χ1v) is 10.9. The zero-order valence-corrected chi connectivity index (χ0v) is 17.9. The molecule has 156 valence electrons. The van der Waals surface area contributed by atoms with E-state index in [1.54, 1.807) is 0 Å². The van der Waals surface area contributed by atoms with Crippen molar-refractivity contribution in [3.05, 3.63) is 95.1 Å². The summed E-state index contributed by atoms with van der Waals surface area (Å²) < 4.78 is 34.6. The monoisotopic (exact) mass is 424 g/mol. The average Bonchev–Trinajstić information content (AvgIpc) is 2.77. The van der Waals surface area contributed by atoms with Crippen LogP contribution in [0.5, 0.6) is 5.75 Å². The molecule has 0 radical (unpaired) electrons. The van der Waals surface area contributed by atoms with Gasteiger partial charge in [-0.15, -0.1) is 0 Å². The van der Waals surface area contributed by atoms with Crippen LogP contribution >= 0.6 is 0 Å². The molecule has 0 aliphatic heterocycles. The van der Waals surface area contributed by atoms with Gasteiger partial charge in [0.2, 0.25) is 10.0 Å². The number of hydrogen-bond acceptors (Lipinski definition) is 4. The summed E-state index contributed by atoms with van der Waals surface area (Å²) >= 11 is 0. The van der Waals surface area contributed by atoms with Crippen molar-refractivity contribution in [1.82, 2.24) is 10.0 Å². The van der Waals surface area contributed by atoms with Crippen molar-refractivity contribution >= 4 is 15.9 Å². The SMILES string of the molecule is CNC(=O)c1cc(S(=O)(=O)N[C@H](c2ccccc2)c2ccccc2C)ccc1OC. The second-order valence-corrected chi connectivity index (χ2v) is 8.48. The Balaban J connectivity index is 2.06. The number of benzene rings is 3. The second-order valence-electron chi connectivity index (χ2n) is 6.76. The third-order valence-electron chi connectivity index (χ3n) is 4.86. The maximum absolute atomic E-state index is 13.3. The predicted molar refractivity (Wildman–Crippen MR) is 116 cm³/mol. The minimum Gasteiger partial charge on any atom is -0.496 e. The van der Waals surface area contributed by atoms with Crippen molar-refractivity contribution in [1.29, 1.82) is 0 Å². The maximum atomic E-state index is 13.3. The third kappa shape index (κ3) is 4.53. The number of amides is 1. The zero-order chi connectivity index (χ0) is 21.7. The summed E-state index contributed by atoms with van der Waals surface area (Å²) in [5, 5.41) is 2.50. The summed E-state index contributed by atoms with van der Waals surface area (Å²) in [4.78, 5) is 12.2. The predicted octanol–water partition coefficient (Wildman–Crippen LogP) is 3.43. The minimum atomic E-state index is -3.95. The number of aryl methyl sites for hydroxylation is 1. The Labute approximate surface area is 177 Å². The number of methoxy groups -OCH3 is 1. The molecular weight excluding hydrogens is 400 g/mol. The van der Waals surface area contributed by atoms with Crippen molar-refractivity contribution in [2.45, 2.75) is 17.9 Å². The first kappa shape index (κ1) is 21.5. The quantitative estimate of drug-likeness (QED) is 0.609. The molecule has 1 atom stereocenters. The van der Waals surface area contributed by atoms with Gasteiger partial charge in [-0.05, 0) is 41.8 Å². The van der Waals surface area contributed by atoms with Gasteiger partial charge in [-0.1, -0.05) is 54.6 Å². The van der Waals surface area contributed by atoms with Gasteiger partial charge in [0, 0.05) is 7.05 Å². The number of rotatable bonds is 7. The van der Waals surface area contributed by atoms with E-state index in [1.165, 1.54) is 32.4 Å². The van der Waals surface area contributed by atoms with Crippen molar-refractivity contribution in [2.24, 2.45) is 0 Å². The lowest BCUT2D eigenvalue weighted by Gasteiger charge is -2.22. The first-order valence-electron chi connectivity index (χ1n) is 9.40. The number of sulfonamides is 1. The summed E-state index contributed by atoms with van der Waals surface area (Å²) in [5.41, 5.74) is 2.78. The third-order valence-corrected chi connectivity index (χ3v) is 6.28. The lowest BCUT2D eigenvalue weighted by Crippen LogP contribution is -2.30. The number of ether oxygens (including phenoxy) is 1. The van der Waals surface area contributed by atoms with Gasteiger partial charge in [-0.2, -0.15) is 4.72 Å². The molecule has 3 aromatic rings. The van der Waals surface area contributed by atoms with Gasteiger partial charge in [0.05, 0.1) is 23.6 Å². The van der Waals surface area contributed by atoms with Crippen molar-refractivity contribution in [2.75, 3.05) is 14.2 Å². The van der Waals surface area contributed by atoms with Crippen molar-refractivity contribution in [3.63, 3.8) is 0 Å². The molecule has 1 amide bonds. The minimum absolute atomic E-state index is 0.0172. The van der Waals surface area contributed by atoms with Gasteiger partial charge in [0.1, 0.15) is 5.75 Å². The smallest absolute Gasteiger partial charge is 0.254 e. The summed E-state index contributed by atoms with van der Waals surface area (Å²) in [6.45, 7) is 1.94. The van der Waals surface area contributed by atoms with Crippen LogP contribution < -0.4 is 14.8 Å². The van der Waals surface area contributed by atoms with Gasteiger partial charge in [-0.3, -0.25) is 4.79 Å².